The van der Waals surface area contributed by atoms with Crippen molar-refractivity contribution < 1.29 is 13.2 Å². The number of H-pyrrole nitrogens is 1. The summed E-state index contributed by atoms with van der Waals surface area (Å²) in [7, 11) is -1.91. The highest BCUT2D eigenvalue weighted by Crippen LogP contribution is 2.22. The Bertz CT molecular complexity index is 537. The van der Waals surface area contributed by atoms with Gasteiger partial charge >= 0.3 is 0 Å². The summed E-state index contributed by atoms with van der Waals surface area (Å²) >= 11 is 0. The van der Waals surface area contributed by atoms with E-state index in [1.807, 2.05) is 0 Å². The van der Waals surface area contributed by atoms with Crippen molar-refractivity contribution in [2.24, 2.45) is 0 Å². The lowest BCUT2D eigenvalue weighted by molar-refractivity contribution is 0.0631. The molecule has 2 N–H and O–H groups in total. The predicted octanol–water partition coefficient (Wildman–Crippen LogP) is 0.709. The highest BCUT2D eigenvalue weighted by molar-refractivity contribution is 7.89. The van der Waals surface area contributed by atoms with E-state index in [0.29, 0.717) is 25.3 Å². The largest absolute Gasteiger partial charge is 0.381 e. The fraction of sp³-hybridized carbons (Fsp3) is 0.769. The average Bonchev–Trinajstić information content (AvgIpc) is 2.97. The molecule has 120 valence electrons. The van der Waals surface area contributed by atoms with Gasteiger partial charge in [-0.15, -0.1) is 0 Å². The zero-order chi connectivity index (χ0) is 15.3. The summed E-state index contributed by atoms with van der Waals surface area (Å²) in [6.45, 7) is 4.64. The van der Waals surface area contributed by atoms with Gasteiger partial charge in [-0.2, -0.15) is 9.40 Å². The second-order valence-electron chi connectivity index (χ2n) is 5.27. The lowest BCUT2D eigenvalue weighted by Gasteiger charge is -2.30. The molecule has 1 saturated heterocycles. The Morgan fingerprint density at radius 3 is 2.86 bits per heavy atom. The Kier molecular flexibility index (Phi) is 5.74. The van der Waals surface area contributed by atoms with Gasteiger partial charge in [0.2, 0.25) is 0 Å². The quantitative estimate of drug-likeness (QED) is 0.723. The molecule has 0 radical (unpaired) electrons. The van der Waals surface area contributed by atoms with Crippen LogP contribution in [0.25, 0.3) is 0 Å². The molecule has 2 heterocycles. The maximum absolute atomic E-state index is 12.7. The van der Waals surface area contributed by atoms with Gasteiger partial charge in [0.25, 0.3) is 10.0 Å². The molecule has 2 rings (SSSR count). The second kappa shape index (κ2) is 7.35. The fourth-order valence-corrected chi connectivity index (χ4v) is 3.95. The van der Waals surface area contributed by atoms with Crippen molar-refractivity contribution in [2.75, 3.05) is 26.8 Å². The van der Waals surface area contributed by atoms with Crippen molar-refractivity contribution in [2.45, 2.75) is 43.8 Å². The number of sulfonamides is 1. The summed E-state index contributed by atoms with van der Waals surface area (Å²) in [5.74, 6) is 0. The van der Waals surface area contributed by atoms with Gasteiger partial charge in [-0.1, -0.05) is 6.92 Å². The number of nitrogens with one attached hydrogen (secondary N) is 2. The normalized spacial score (nSPS) is 17.5. The molecular formula is C13H24N4O3S. The number of aromatic amines is 1. The maximum atomic E-state index is 12.7. The number of rotatable bonds is 7. The summed E-state index contributed by atoms with van der Waals surface area (Å²) in [5, 5.41) is 9.94. The summed E-state index contributed by atoms with van der Waals surface area (Å²) < 4.78 is 32.2. The molecule has 0 aliphatic carbocycles. The van der Waals surface area contributed by atoms with E-state index in [-0.39, 0.29) is 11.1 Å². The van der Waals surface area contributed by atoms with Crippen LogP contribution in [0.2, 0.25) is 0 Å². The molecule has 0 saturated carbocycles. The first-order valence-electron chi connectivity index (χ1n) is 7.36. The molecule has 0 aromatic carbocycles. The van der Waals surface area contributed by atoms with Gasteiger partial charge in [0, 0.05) is 38.4 Å². The molecule has 1 aromatic heterocycles. The van der Waals surface area contributed by atoms with E-state index in [1.165, 1.54) is 4.31 Å². The highest BCUT2D eigenvalue weighted by atomic mass is 32.2. The Labute approximate surface area is 126 Å². The van der Waals surface area contributed by atoms with Crippen LogP contribution in [0.15, 0.2) is 11.2 Å². The summed E-state index contributed by atoms with van der Waals surface area (Å²) in [6, 6.07) is -0.0106. The molecule has 1 fully saturated rings. The standard InChI is InChI=1S/C13H24N4O3S/c1-3-6-14-9-11-10-15-16-13(11)21(18,19)17(2)12-4-7-20-8-5-12/h10,12,14H,3-9H2,1-2H3,(H,15,16). The van der Waals surface area contributed by atoms with Crippen molar-refractivity contribution in [1.82, 2.24) is 19.8 Å². The zero-order valence-corrected chi connectivity index (χ0v) is 13.4. The number of aromatic nitrogens is 2. The summed E-state index contributed by atoms with van der Waals surface area (Å²) in [5.41, 5.74) is 0.683. The van der Waals surface area contributed by atoms with Crippen LogP contribution in [0.1, 0.15) is 31.7 Å². The number of hydrogen-bond acceptors (Lipinski definition) is 5. The van der Waals surface area contributed by atoms with Crippen molar-refractivity contribution in [3.63, 3.8) is 0 Å². The van der Waals surface area contributed by atoms with Crippen molar-refractivity contribution in [3.05, 3.63) is 11.8 Å². The Morgan fingerprint density at radius 2 is 2.19 bits per heavy atom. The zero-order valence-electron chi connectivity index (χ0n) is 12.6. The molecule has 0 spiro atoms. The van der Waals surface area contributed by atoms with Gasteiger partial charge in [0.1, 0.15) is 0 Å². The minimum atomic E-state index is -3.54. The van der Waals surface area contributed by atoms with Crippen molar-refractivity contribution in [3.8, 4) is 0 Å². The monoisotopic (exact) mass is 316 g/mol. The van der Waals surface area contributed by atoms with Crippen molar-refractivity contribution in [1.29, 1.82) is 0 Å². The van der Waals surface area contributed by atoms with Gasteiger partial charge in [-0.25, -0.2) is 8.42 Å². The lowest BCUT2D eigenvalue weighted by atomic mass is 10.1. The maximum Gasteiger partial charge on any atom is 0.260 e. The number of nitrogens with zero attached hydrogens (tertiary/aromatic N) is 2. The van der Waals surface area contributed by atoms with Crippen LogP contribution in [0.4, 0.5) is 0 Å². The van der Waals surface area contributed by atoms with Gasteiger partial charge in [-0.3, -0.25) is 5.10 Å². The van der Waals surface area contributed by atoms with Crippen LogP contribution in [-0.4, -0.2) is 55.8 Å². The van der Waals surface area contributed by atoms with Gasteiger partial charge in [0.15, 0.2) is 5.03 Å². The fourth-order valence-electron chi connectivity index (χ4n) is 2.44. The first-order valence-corrected chi connectivity index (χ1v) is 8.80. The molecule has 0 bridgehead atoms. The molecule has 0 amide bonds. The number of ether oxygens (including phenoxy) is 1. The van der Waals surface area contributed by atoms with E-state index in [1.54, 1.807) is 13.2 Å². The third-order valence-electron chi connectivity index (χ3n) is 3.76. The minimum absolute atomic E-state index is 0.0106. The van der Waals surface area contributed by atoms with E-state index in [2.05, 4.69) is 22.4 Å². The third kappa shape index (κ3) is 3.82. The van der Waals surface area contributed by atoms with Crippen LogP contribution in [0.3, 0.4) is 0 Å². The molecule has 8 heteroatoms. The molecule has 7 nitrogen and oxygen atoms in total. The topological polar surface area (TPSA) is 87.3 Å². The Balaban J connectivity index is 2.13. The summed E-state index contributed by atoms with van der Waals surface area (Å²) in [4.78, 5) is 0. The molecule has 1 aliphatic heterocycles. The molecule has 0 unspecified atom stereocenters. The van der Waals surface area contributed by atoms with Crippen LogP contribution in [0, 0.1) is 0 Å². The Morgan fingerprint density at radius 1 is 1.48 bits per heavy atom. The van der Waals surface area contributed by atoms with Gasteiger partial charge < -0.3 is 10.1 Å². The molecule has 21 heavy (non-hydrogen) atoms. The summed E-state index contributed by atoms with van der Waals surface area (Å²) in [6.07, 6.45) is 4.04. The molecule has 1 aromatic rings. The van der Waals surface area contributed by atoms with Gasteiger partial charge in [0.05, 0.1) is 6.20 Å². The van der Waals surface area contributed by atoms with Crippen LogP contribution in [0.5, 0.6) is 0 Å². The minimum Gasteiger partial charge on any atom is -0.381 e. The SMILES string of the molecule is CCCNCc1cn[nH]c1S(=O)(=O)N(C)C1CCOCC1. The van der Waals surface area contributed by atoms with E-state index < -0.39 is 10.0 Å². The van der Waals surface area contributed by atoms with E-state index >= 15 is 0 Å². The smallest absolute Gasteiger partial charge is 0.260 e. The molecule has 1 aliphatic rings. The first kappa shape index (κ1) is 16.4. The highest BCUT2D eigenvalue weighted by Gasteiger charge is 2.32. The predicted molar refractivity (Wildman–Crippen MR) is 79.4 cm³/mol. The van der Waals surface area contributed by atoms with Crippen molar-refractivity contribution >= 4 is 10.0 Å². The van der Waals surface area contributed by atoms with E-state index in [9.17, 15) is 8.42 Å². The van der Waals surface area contributed by atoms with Crippen LogP contribution >= 0.6 is 0 Å². The van der Waals surface area contributed by atoms with Gasteiger partial charge in [-0.05, 0) is 25.8 Å². The lowest BCUT2D eigenvalue weighted by Crippen LogP contribution is -2.41. The third-order valence-corrected chi connectivity index (χ3v) is 5.69. The average molecular weight is 316 g/mol. The van der Waals surface area contributed by atoms with Crippen LogP contribution in [-0.2, 0) is 21.3 Å². The van der Waals surface area contributed by atoms with E-state index in [0.717, 1.165) is 25.8 Å². The molecular weight excluding hydrogens is 292 g/mol. The van der Waals surface area contributed by atoms with E-state index in [4.69, 9.17) is 4.74 Å². The first-order chi connectivity index (χ1) is 10.1. The Hall–Kier alpha value is -0.960. The molecule has 0 atom stereocenters. The second-order valence-corrected chi connectivity index (χ2v) is 7.20. The van der Waals surface area contributed by atoms with Crippen LogP contribution < -0.4 is 5.32 Å². The number of hydrogen-bond donors (Lipinski definition) is 2.